The topological polar surface area (TPSA) is 69.6 Å². The molecule has 1 aliphatic carbocycles. The number of amides is 1. The van der Waals surface area contributed by atoms with Crippen LogP contribution in [-0.2, 0) is 9.59 Å². The molecule has 19 heavy (non-hydrogen) atoms. The number of carbonyl (C=O) groups is 2. The minimum Gasteiger partial charge on any atom is -0.480 e. The van der Waals surface area contributed by atoms with Crippen molar-refractivity contribution >= 4 is 11.9 Å². The van der Waals surface area contributed by atoms with Crippen LogP contribution in [0.2, 0.25) is 0 Å². The monoisotopic (exact) mass is 266 g/mol. The van der Waals surface area contributed by atoms with Gasteiger partial charge in [0.15, 0.2) is 0 Å². The highest BCUT2D eigenvalue weighted by Crippen LogP contribution is 2.34. The first-order valence-corrected chi connectivity index (χ1v) is 7.46. The fourth-order valence-corrected chi connectivity index (χ4v) is 4.00. The van der Waals surface area contributed by atoms with Crippen LogP contribution in [0.5, 0.6) is 0 Å². The van der Waals surface area contributed by atoms with Crippen molar-refractivity contribution in [2.75, 3.05) is 6.54 Å². The molecule has 106 valence electrons. The summed E-state index contributed by atoms with van der Waals surface area (Å²) in [6, 6.07) is -0.265. The van der Waals surface area contributed by atoms with Crippen molar-refractivity contribution in [1.29, 1.82) is 0 Å². The summed E-state index contributed by atoms with van der Waals surface area (Å²) in [6.45, 7) is 0.601. The highest BCUT2D eigenvalue weighted by atomic mass is 16.4. The van der Waals surface area contributed by atoms with E-state index < -0.39 is 12.0 Å². The lowest BCUT2D eigenvalue weighted by Crippen LogP contribution is -2.49. The Labute approximate surface area is 113 Å². The largest absolute Gasteiger partial charge is 0.480 e. The Kier molecular flexibility index (Phi) is 3.48. The second-order valence-corrected chi connectivity index (χ2v) is 6.13. The van der Waals surface area contributed by atoms with Crippen molar-refractivity contribution in [2.24, 2.45) is 5.92 Å². The number of carbonyl (C=O) groups excluding carboxylic acids is 1. The third-order valence-electron chi connectivity index (χ3n) is 4.98. The van der Waals surface area contributed by atoms with Crippen LogP contribution in [0.3, 0.4) is 0 Å². The van der Waals surface area contributed by atoms with Crippen LogP contribution >= 0.6 is 0 Å². The zero-order valence-electron chi connectivity index (χ0n) is 11.2. The van der Waals surface area contributed by atoms with E-state index in [-0.39, 0.29) is 11.9 Å². The number of carboxylic acids is 1. The Balaban J connectivity index is 1.66. The van der Waals surface area contributed by atoms with Crippen LogP contribution in [0.4, 0.5) is 0 Å². The van der Waals surface area contributed by atoms with Crippen LogP contribution in [-0.4, -0.2) is 46.6 Å². The van der Waals surface area contributed by atoms with Crippen molar-refractivity contribution < 1.29 is 14.7 Å². The first-order valence-electron chi connectivity index (χ1n) is 7.46. The number of nitrogens with one attached hydrogen (secondary N) is 1. The molecule has 5 nitrogen and oxygen atoms in total. The predicted molar refractivity (Wildman–Crippen MR) is 69.7 cm³/mol. The first-order chi connectivity index (χ1) is 9.16. The number of nitrogens with zero attached hydrogens (tertiary/aromatic N) is 1. The Morgan fingerprint density at radius 1 is 1.11 bits per heavy atom. The summed E-state index contributed by atoms with van der Waals surface area (Å²) >= 11 is 0. The van der Waals surface area contributed by atoms with Gasteiger partial charge in [-0.3, -0.25) is 4.79 Å². The first kappa shape index (κ1) is 12.9. The predicted octanol–water partition coefficient (Wildman–Crippen LogP) is 0.983. The molecule has 1 amide bonds. The minimum atomic E-state index is -0.860. The van der Waals surface area contributed by atoms with E-state index in [0.717, 1.165) is 19.3 Å². The summed E-state index contributed by atoms with van der Waals surface area (Å²) in [7, 11) is 0. The van der Waals surface area contributed by atoms with Crippen LogP contribution in [0.25, 0.3) is 0 Å². The molecule has 0 aromatic carbocycles. The fourth-order valence-electron chi connectivity index (χ4n) is 4.00. The third kappa shape index (κ3) is 2.36. The average Bonchev–Trinajstić information content (AvgIpc) is 3.04. The maximum Gasteiger partial charge on any atom is 0.326 e. The number of likely N-dealkylation sites (tertiary alicyclic amines) is 1. The molecular formula is C14H22N2O3. The standard InChI is InChI=1S/C14H22N2O3/c17-13(16-7-3-6-12(16)14(18)19)11-8-9-4-1-2-5-10(9)15-11/h9-12,15H,1-8H2,(H,18,19)/t9?,10?,11?,12-/m1/s1. The average molecular weight is 266 g/mol. The summed E-state index contributed by atoms with van der Waals surface area (Å²) in [5.74, 6) is -0.228. The highest BCUT2D eigenvalue weighted by molar-refractivity contribution is 5.87. The molecule has 1 saturated carbocycles. The number of aliphatic carboxylic acids is 1. The van der Waals surface area contributed by atoms with E-state index >= 15 is 0 Å². The lowest BCUT2D eigenvalue weighted by atomic mass is 9.85. The number of hydrogen-bond acceptors (Lipinski definition) is 3. The van der Waals surface area contributed by atoms with Gasteiger partial charge in [-0.15, -0.1) is 0 Å². The van der Waals surface area contributed by atoms with Crippen molar-refractivity contribution in [3.63, 3.8) is 0 Å². The van der Waals surface area contributed by atoms with Gasteiger partial charge in [-0.2, -0.15) is 0 Å². The molecule has 0 bridgehead atoms. The molecule has 2 heterocycles. The molecule has 3 unspecified atom stereocenters. The van der Waals surface area contributed by atoms with E-state index in [4.69, 9.17) is 5.11 Å². The molecule has 2 aliphatic heterocycles. The molecule has 3 aliphatic rings. The van der Waals surface area contributed by atoms with Gasteiger partial charge in [0.25, 0.3) is 0 Å². The smallest absolute Gasteiger partial charge is 0.326 e. The van der Waals surface area contributed by atoms with Gasteiger partial charge in [-0.25, -0.2) is 4.79 Å². The third-order valence-corrected chi connectivity index (χ3v) is 4.98. The van der Waals surface area contributed by atoms with E-state index in [1.807, 2.05) is 0 Å². The second kappa shape index (κ2) is 5.12. The molecule has 0 radical (unpaired) electrons. The Bertz CT molecular complexity index is 371. The molecule has 4 atom stereocenters. The van der Waals surface area contributed by atoms with Gasteiger partial charge in [-0.1, -0.05) is 12.8 Å². The molecule has 0 aromatic heterocycles. The zero-order chi connectivity index (χ0) is 13.4. The summed E-state index contributed by atoms with van der Waals surface area (Å²) < 4.78 is 0. The minimum absolute atomic E-state index is 0.0132. The van der Waals surface area contributed by atoms with E-state index in [2.05, 4.69) is 5.32 Å². The summed E-state index contributed by atoms with van der Waals surface area (Å²) in [4.78, 5) is 25.3. The number of rotatable bonds is 2. The van der Waals surface area contributed by atoms with Gasteiger partial charge in [0.05, 0.1) is 6.04 Å². The number of hydrogen-bond donors (Lipinski definition) is 2. The molecule has 3 fully saturated rings. The van der Waals surface area contributed by atoms with Crippen LogP contribution in [0.15, 0.2) is 0 Å². The summed E-state index contributed by atoms with van der Waals surface area (Å²) in [6.07, 6.45) is 7.19. The van der Waals surface area contributed by atoms with Crippen molar-refractivity contribution in [3.05, 3.63) is 0 Å². The lowest BCUT2D eigenvalue weighted by Gasteiger charge is -2.25. The number of fused-ring (bicyclic) bond motifs is 1. The zero-order valence-corrected chi connectivity index (χ0v) is 11.2. The Hall–Kier alpha value is -1.10. The van der Waals surface area contributed by atoms with Crippen LogP contribution < -0.4 is 5.32 Å². The van der Waals surface area contributed by atoms with Crippen molar-refractivity contribution in [3.8, 4) is 0 Å². The highest BCUT2D eigenvalue weighted by Gasteiger charge is 2.43. The van der Waals surface area contributed by atoms with Crippen LogP contribution in [0.1, 0.15) is 44.9 Å². The van der Waals surface area contributed by atoms with Gasteiger partial charge < -0.3 is 15.3 Å². The normalized spacial score (nSPS) is 38.2. The van der Waals surface area contributed by atoms with Gasteiger partial charge >= 0.3 is 5.97 Å². The lowest BCUT2D eigenvalue weighted by molar-refractivity contribution is -0.148. The van der Waals surface area contributed by atoms with Gasteiger partial charge in [0, 0.05) is 12.6 Å². The molecule has 0 spiro atoms. The van der Waals surface area contributed by atoms with E-state index in [1.54, 1.807) is 4.90 Å². The Morgan fingerprint density at radius 3 is 2.63 bits per heavy atom. The summed E-state index contributed by atoms with van der Waals surface area (Å²) in [5.41, 5.74) is 0. The number of carboxylic acid groups (broad SMARTS) is 1. The summed E-state index contributed by atoms with van der Waals surface area (Å²) in [5, 5.41) is 12.6. The van der Waals surface area contributed by atoms with Crippen molar-refractivity contribution in [1.82, 2.24) is 10.2 Å². The van der Waals surface area contributed by atoms with Gasteiger partial charge in [0.2, 0.25) is 5.91 Å². The maximum atomic E-state index is 12.5. The molecule has 3 rings (SSSR count). The quantitative estimate of drug-likeness (QED) is 0.782. The van der Waals surface area contributed by atoms with Crippen LogP contribution in [0, 0.1) is 5.92 Å². The van der Waals surface area contributed by atoms with E-state index in [0.29, 0.717) is 24.9 Å². The molecular weight excluding hydrogens is 244 g/mol. The van der Waals surface area contributed by atoms with E-state index in [1.165, 1.54) is 19.3 Å². The van der Waals surface area contributed by atoms with E-state index in [9.17, 15) is 9.59 Å². The Morgan fingerprint density at radius 2 is 1.89 bits per heavy atom. The molecule has 5 heteroatoms. The van der Waals surface area contributed by atoms with Crippen molar-refractivity contribution in [2.45, 2.75) is 63.1 Å². The van der Waals surface area contributed by atoms with Gasteiger partial charge in [-0.05, 0) is 38.0 Å². The molecule has 2 N–H and O–H groups in total. The fraction of sp³-hybridized carbons (Fsp3) is 0.857. The molecule has 0 aromatic rings. The SMILES string of the molecule is O=C(O)[C@H]1CCCN1C(=O)C1CC2CCCCC2N1. The second-order valence-electron chi connectivity index (χ2n) is 6.13. The maximum absolute atomic E-state index is 12.5. The van der Waals surface area contributed by atoms with Gasteiger partial charge in [0.1, 0.15) is 6.04 Å². The molecule has 2 saturated heterocycles.